The van der Waals surface area contributed by atoms with Crippen molar-refractivity contribution in [3.63, 3.8) is 0 Å². The van der Waals surface area contributed by atoms with Crippen molar-refractivity contribution in [1.82, 2.24) is 9.97 Å². The number of benzene rings is 2. The highest BCUT2D eigenvalue weighted by atomic mass is 19.1. The molecule has 0 bridgehead atoms. The zero-order valence-electron chi connectivity index (χ0n) is 10.8. The van der Waals surface area contributed by atoms with Crippen molar-refractivity contribution >= 4 is 16.6 Å². The molecule has 3 rings (SSSR count). The van der Waals surface area contributed by atoms with Crippen molar-refractivity contribution in [2.45, 2.75) is 6.92 Å². The summed E-state index contributed by atoms with van der Waals surface area (Å²) in [5.41, 5.74) is 7.57. The van der Waals surface area contributed by atoms with Crippen LogP contribution in [0.4, 0.5) is 10.1 Å². The Morgan fingerprint density at radius 1 is 1.10 bits per heavy atom. The molecule has 2 N–H and O–H groups in total. The van der Waals surface area contributed by atoms with Gasteiger partial charge < -0.3 is 10.5 Å². The molecule has 3 aromatic rings. The summed E-state index contributed by atoms with van der Waals surface area (Å²) in [5.74, 6) is 0.680. The number of hydrogen-bond acceptors (Lipinski definition) is 4. The number of aromatic nitrogens is 2. The second kappa shape index (κ2) is 4.77. The number of aryl methyl sites for hydroxylation is 1. The average Bonchev–Trinajstić information content (AvgIpc) is 2.43. The zero-order valence-corrected chi connectivity index (χ0v) is 10.8. The minimum atomic E-state index is -0.266. The standard InChI is InChI=1S/C15H12FN3O/c1-9-6-11(3-5-13(9)16)20-15-12-4-2-10(17)7-14(12)18-8-19-15/h2-8H,17H2,1H3. The second-order valence-corrected chi connectivity index (χ2v) is 4.47. The van der Waals surface area contributed by atoms with Crippen LogP contribution in [-0.2, 0) is 0 Å². The number of nitrogens with zero attached hydrogens (tertiary/aromatic N) is 2. The van der Waals surface area contributed by atoms with E-state index in [2.05, 4.69) is 9.97 Å². The van der Waals surface area contributed by atoms with E-state index < -0.39 is 0 Å². The monoisotopic (exact) mass is 269 g/mol. The molecule has 0 atom stereocenters. The van der Waals surface area contributed by atoms with Gasteiger partial charge in [-0.15, -0.1) is 0 Å². The molecule has 0 spiro atoms. The van der Waals surface area contributed by atoms with Crippen molar-refractivity contribution in [2.75, 3.05) is 5.73 Å². The summed E-state index contributed by atoms with van der Waals surface area (Å²) in [4.78, 5) is 8.26. The van der Waals surface area contributed by atoms with Crippen molar-refractivity contribution in [2.24, 2.45) is 0 Å². The van der Waals surface area contributed by atoms with Crippen LogP contribution in [0.15, 0.2) is 42.7 Å². The van der Waals surface area contributed by atoms with Gasteiger partial charge in [-0.2, -0.15) is 0 Å². The number of nitrogens with two attached hydrogens (primary N) is 1. The van der Waals surface area contributed by atoms with Crippen LogP contribution in [0.25, 0.3) is 10.9 Å². The fourth-order valence-corrected chi connectivity index (χ4v) is 1.92. The molecule has 5 heteroatoms. The van der Waals surface area contributed by atoms with E-state index in [4.69, 9.17) is 10.5 Å². The first-order valence-electron chi connectivity index (χ1n) is 6.08. The van der Waals surface area contributed by atoms with Crippen LogP contribution < -0.4 is 10.5 Å². The molecule has 2 aromatic carbocycles. The lowest BCUT2D eigenvalue weighted by atomic mass is 10.2. The van der Waals surface area contributed by atoms with Gasteiger partial charge in [-0.3, -0.25) is 0 Å². The normalized spacial score (nSPS) is 10.7. The van der Waals surface area contributed by atoms with Crippen LogP contribution in [-0.4, -0.2) is 9.97 Å². The van der Waals surface area contributed by atoms with Crippen LogP contribution in [0.2, 0.25) is 0 Å². The smallest absolute Gasteiger partial charge is 0.230 e. The maximum absolute atomic E-state index is 13.2. The molecule has 0 radical (unpaired) electrons. The lowest BCUT2D eigenvalue weighted by Crippen LogP contribution is -1.93. The minimum absolute atomic E-state index is 0.266. The number of hydrogen-bond donors (Lipinski definition) is 1. The van der Waals surface area contributed by atoms with E-state index in [0.717, 1.165) is 5.39 Å². The molecule has 0 fully saturated rings. The first-order chi connectivity index (χ1) is 9.63. The van der Waals surface area contributed by atoms with Gasteiger partial charge in [0.05, 0.1) is 10.9 Å². The van der Waals surface area contributed by atoms with Gasteiger partial charge >= 0.3 is 0 Å². The molecular weight excluding hydrogens is 257 g/mol. The first kappa shape index (κ1) is 12.3. The average molecular weight is 269 g/mol. The minimum Gasteiger partial charge on any atom is -0.438 e. The SMILES string of the molecule is Cc1cc(Oc2ncnc3cc(N)ccc23)ccc1F. The lowest BCUT2D eigenvalue weighted by Gasteiger charge is -2.08. The molecule has 100 valence electrons. The molecule has 0 saturated carbocycles. The van der Waals surface area contributed by atoms with Crippen molar-refractivity contribution in [3.05, 3.63) is 54.1 Å². The van der Waals surface area contributed by atoms with Crippen molar-refractivity contribution in [3.8, 4) is 11.6 Å². The van der Waals surface area contributed by atoms with Gasteiger partial charge in [0.2, 0.25) is 5.88 Å². The Balaban J connectivity index is 2.04. The summed E-state index contributed by atoms with van der Waals surface area (Å²) in [6, 6.07) is 9.87. The summed E-state index contributed by atoms with van der Waals surface area (Å²) >= 11 is 0. The van der Waals surface area contributed by atoms with Crippen molar-refractivity contribution < 1.29 is 9.13 Å². The highest BCUT2D eigenvalue weighted by Gasteiger charge is 2.07. The van der Waals surface area contributed by atoms with E-state index in [1.165, 1.54) is 12.4 Å². The van der Waals surface area contributed by atoms with E-state index in [0.29, 0.717) is 28.4 Å². The Kier molecular flexibility index (Phi) is 2.95. The van der Waals surface area contributed by atoms with Crippen LogP contribution >= 0.6 is 0 Å². The summed E-state index contributed by atoms with van der Waals surface area (Å²) in [7, 11) is 0. The van der Waals surface area contributed by atoms with Gasteiger partial charge in [0.25, 0.3) is 0 Å². The Bertz CT molecular complexity index is 789. The third-order valence-electron chi connectivity index (χ3n) is 2.97. The van der Waals surface area contributed by atoms with Gasteiger partial charge in [-0.25, -0.2) is 14.4 Å². The highest BCUT2D eigenvalue weighted by Crippen LogP contribution is 2.28. The molecule has 1 aromatic heterocycles. The van der Waals surface area contributed by atoms with E-state index in [1.54, 1.807) is 37.3 Å². The van der Waals surface area contributed by atoms with Gasteiger partial charge in [0.15, 0.2) is 0 Å². The lowest BCUT2D eigenvalue weighted by molar-refractivity contribution is 0.465. The maximum Gasteiger partial charge on any atom is 0.230 e. The highest BCUT2D eigenvalue weighted by molar-refractivity contribution is 5.85. The van der Waals surface area contributed by atoms with Gasteiger partial charge in [0.1, 0.15) is 17.9 Å². The molecule has 0 amide bonds. The maximum atomic E-state index is 13.2. The summed E-state index contributed by atoms with van der Waals surface area (Å²) < 4.78 is 18.9. The third-order valence-corrected chi connectivity index (χ3v) is 2.97. The number of rotatable bonds is 2. The third kappa shape index (κ3) is 2.25. The quantitative estimate of drug-likeness (QED) is 0.724. The van der Waals surface area contributed by atoms with Crippen LogP contribution in [0, 0.1) is 12.7 Å². The van der Waals surface area contributed by atoms with Crippen LogP contribution in [0.1, 0.15) is 5.56 Å². The number of fused-ring (bicyclic) bond motifs is 1. The Morgan fingerprint density at radius 2 is 1.95 bits per heavy atom. The molecular formula is C15H12FN3O. The molecule has 4 nitrogen and oxygen atoms in total. The predicted molar refractivity (Wildman–Crippen MR) is 75.2 cm³/mol. The van der Waals surface area contributed by atoms with E-state index >= 15 is 0 Å². The molecule has 0 saturated heterocycles. The Morgan fingerprint density at radius 3 is 2.75 bits per heavy atom. The van der Waals surface area contributed by atoms with Gasteiger partial charge in [0, 0.05) is 5.69 Å². The molecule has 0 aliphatic carbocycles. The number of nitrogen functional groups attached to an aromatic ring is 1. The summed E-state index contributed by atoms with van der Waals surface area (Å²) in [6.07, 6.45) is 1.41. The molecule has 0 unspecified atom stereocenters. The molecule has 0 aliphatic heterocycles. The van der Waals surface area contributed by atoms with E-state index in [1.807, 2.05) is 0 Å². The number of anilines is 1. The van der Waals surface area contributed by atoms with Gasteiger partial charge in [-0.1, -0.05) is 0 Å². The fourth-order valence-electron chi connectivity index (χ4n) is 1.92. The van der Waals surface area contributed by atoms with Gasteiger partial charge in [-0.05, 0) is 48.9 Å². The molecule has 1 heterocycles. The van der Waals surface area contributed by atoms with Crippen molar-refractivity contribution in [1.29, 1.82) is 0 Å². The van der Waals surface area contributed by atoms with E-state index in [9.17, 15) is 4.39 Å². The number of halogens is 1. The zero-order chi connectivity index (χ0) is 14.1. The van der Waals surface area contributed by atoms with Crippen LogP contribution in [0.3, 0.4) is 0 Å². The largest absolute Gasteiger partial charge is 0.438 e. The summed E-state index contributed by atoms with van der Waals surface area (Å²) in [6.45, 7) is 1.68. The number of ether oxygens (including phenoxy) is 1. The molecule has 20 heavy (non-hydrogen) atoms. The second-order valence-electron chi connectivity index (χ2n) is 4.47. The molecule has 0 aliphatic rings. The Hall–Kier alpha value is -2.69. The predicted octanol–water partition coefficient (Wildman–Crippen LogP) is 3.45. The summed E-state index contributed by atoms with van der Waals surface area (Å²) in [5, 5.41) is 0.753. The Labute approximate surface area is 115 Å². The topological polar surface area (TPSA) is 61.0 Å². The fraction of sp³-hybridized carbons (Fsp3) is 0.0667. The van der Waals surface area contributed by atoms with Crippen LogP contribution in [0.5, 0.6) is 11.6 Å². The first-order valence-corrected chi connectivity index (χ1v) is 6.08. The van der Waals surface area contributed by atoms with E-state index in [-0.39, 0.29) is 5.82 Å².